The van der Waals surface area contributed by atoms with E-state index in [4.69, 9.17) is 4.99 Å². The summed E-state index contributed by atoms with van der Waals surface area (Å²) in [4.78, 5) is 7.15. The van der Waals surface area contributed by atoms with Crippen molar-refractivity contribution in [3.05, 3.63) is 71.8 Å². The van der Waals surface area contributed by atoms with Crippen molar-refractivity contribution in [2.24, 2.45) is 4.99 Å². The monoisotopic (exact) mass is 264 g/mol. The fraction of sp³-hybridized carbons (Fsp3) is 0.278. The standard InChI is InChI=1S/C18H20N2/c1-18(2)17(19-13-15-9-5-3-6-10-15)20(18)14-16-11-7-4-8-12-16/h3-12H,13-14H2,1-2H3. The molecule has 0 aliphatic carbocycles. The van der Waals surface area contributed by atoms with Crippen LogP contribution in [0.5, 0.6) is 0 Å². The lowest BCUT2D eigenvalue weighted by Gasteiger charge is -2.05. The highest BCUT2D eigenvalue weighted by molar-refractivity contribution is 6.05. The first-order valence-corrected chi connectivity index (χ1v) is 7.08. The summed E-state index contributed by atoms with van der Waals surface area (Å²) in [5, 5.41) is 0. The quantitative estimate of drug-likeness (QED) is 0.765. The van der Waals surface area contributed by atoms with Crippen LogP contribution in [0.15, 0.2) is 65.7 Å². The third-order valence-electron chi connectivity index (χ3n) is 3.87. The van der Waals surface area contributed by atoms with E-state index >= 15 is 0 Å². The Balaban J connectivity index is 1.68. The summed E-state index contributed by atoms with van der Waals surface area (Å²) in [6, 6.07) is 21.0. The van der Waals surface area contributed by atoms with Gasteiger partial charge in [0.25, 0.3) is 0 Å². The molecule has 0 saturated carbocycles. The highest BCUT2D eigenvalue weighted by atomic mass is 15.4. The van der Waals surface area contributed by atoms with E-state index in [9.17, 15) is 0 Å². The third-order valence-corrected chi connectivity index (χ3v) is 3.87. The zero-order chi connectivity index (χ0) is 14.0. The van der Waals surface area contributed by atoms with Gasteiger partial charge in [0.05, 0.1) is 12.1 Å². The van der Waals surface area contributed by atoms with Crippen molar-refractivity contribution >= 4 is 5.84 Å². The molecule has 0 unspecified atom stereocenters. The Labute approximate surface area is 120 Å². The van der Waals surface area contributed by atoms with Crippen molar-refractivity contribution in [2.45, 2.75) is 32.5 Å². The summed E-state index contributed by atoms with van der Waals surface area (Å²) >= 11 is 0. The zero-order valence-electron chi connectivity index (χ0n) is 12.1. The van der Waals surface area contributed by atoms with E-state index in [1.807, 2.05) is 6.07 Å². The average Bonchev–Trinajstić information content (AvgIpc) is 2.99. The van der Waals surface area contributed by atoms with Gasteiger partial charge in [0, 0.05) is 6.54 Å². The van der Waals surface area contributed by atoms with E-state index in [0.717, 1.165) is 13.1 Å². The first-order valence-electron chi connectivity index (χ1n) is 7.08. The molecule has 2 aromatic carbocycles. The maximum absolute atomic E-state index is 4.78. The maximum Gasteiger partial charge on any atom is 0.126 e. The Hall–Kier alpha value is -2.09. The second kappa shape index (κ2) is 5.12. The molecular formula is C18H20N2. The first-order chi connectivity index (χ1) is 9.68. The zero-order valence-corrected chi connectivity index (χ0v) is 12.1. The molecule has 2 nitrogen and oxygen atoms in total. The Morgan fingerprint density at radius 3 is 2.00 bits per heavy atom. The maximum atomic E-state index is 4.78. The van der Waals surface area contributed by atoms with Crippen LogP contribution in [0.2, 0.25) is 0 Å². The number of amidine groups is 1. The van der Waals surface area contributed by atoms with Gasteiger partial charge < -0.3 is 4.90 Å². The van der Waals surface area contributed by atoms with Crippen molar-refractivity contribution in [3.8, 4) is 0 Å². The normalized spacial score (nSPS) is 18.3. The molecule has 0 aromatic heterocycles. The molecule has 0 amide bonds. The number of hydrogen-bond acceptors (Lipinski definition) is 1. The summed E-state index contributed by atoms with van der Waals surface area (Å²) in [6.45, 7) is 6.19. The number of hydrogen-bond donors (Lipinski definition) is 0. The van der Waals surface area contributed by atoms with E-state index in [1.165, 1.54) is 17.0 Å². The molecule has 2 aromatic rings. The Morgan fingerprint density at radius 2 is 1.40 bits per heavy atom. The Kier molecular flexibility index (Phi) is 3.31. The summed E-state index contributed by atoms with van der Waals surface area (Å²) in [7, 11) is 0. The van der Waals surface area contributed by atoms with Crippen molar-refractivity contribution in [1.82, 2.24) is 4.90 Å². The van der Waals surface area contributed by atoms with Crippen LogP contribution in [0.4, 0.5) is 0 Å². The van der Waals surface area contributed by atoms with Crippen LogP contribution in [0.25, 0.3) is 0 Å². The number of rotatable bonds is 4. The highest BCUT2D eigenvalue weighted by Crippen LogP contribution is 2.36. The summed E-state index contributed by atoms with van der Waals surface area (Å²) in [6.07, 6.45) is 0. The van der Waals surface area contributed by atoms with Gasteiger partial charge in [0.2, 0.25) is 0 Å². The molecule has 0 spiro atoms. The molecule has 1 saturated heterocycles. The minimum absolute atomic E-state index is 0.102. The summed E-state index contributed by atoms with van der Waals surface area (Å²) in [5.74, 6) is 1.21. The average molecular weight is 264 g/mol. The summed E-state index contributed by atoms with van der Waals surface area (Å²) in [5.41, 5.74) is 2.71. The van der Waals surface area contributed by atoms with Gasteiger partial charge in [-0.15, -0.1) is 0 Å². The minimum Gasteiger partial charge on any atom is -0.342 e. The summed E-state index contributed by atoms with van der Waals surface area (Å²) < 4.78 is 0. The molecule has 1 heterocycles. The van der Waals surface area contributed by atoms with Crippen LogP contribution >= 0.6 is 0 Å². The highest BCUT2D eigenvalue weighted by Gasteiger charge is 2.50. The fourth-order valence-electron chi connectivity index (χ4n) is 2.53. The minimum atomic E-state index is 0.102. The van der Waals surface area contributed by atoms with Crippen molar-refractivity contribution < 1.29 is 0 Å². The second-order valence-electron chi connectivity index (χ2n) is 5.76. The first kappa shape index (κ1) is 12.9. The van der Waals surface area contributed by atoms with Crippen LogP contribution in [-0.2, 0) is 13.1 Å². The molecule has 102 valence electrons. The molecule has 20 heavy (non-hydrogen) atoms. The van der Waals surface area contributed by atoms with Gasteiger partial charge in [-0.3, -0.25) is 4.99 Å². The van der Waals surface area contributed by atoms with E-state index in [-0.39, 0.29) is 5.54 Å². The van der Waals surface area contributed by atoms with E-state index in [0.29, 0.717) is 0 Å². The van der Waals surface area contributed by atoms with Crippen LogP contribution in [0, 0.1) is 0 Å². The number of aliphatic imine (C=N–C) groups is 1. The molecule has 0 atom stereocenters. The molecule has 3 rings (SSSR count). The predicted octanol–water partition coefficient (Wildman–Crippen LogP) is 3.88. The Bertz CT molecular complexity index is 600. The van der Waals surface area contributed by atoms with Gasteiger partial charge in [-0.25, -0.2) is 0 Å². The van der Waals surface area contributed by atoms with E-state index in [2.05, 4.69) is 73.3 Å². The fourth-order valence-corrected chi connectivity index (χ4v) is 2.53. The van der Waals surface area contributed by atoms with E-state index < -0.39 is 0 Å². The van der Waals surface area contributed by atoms with Gasteiger partial charge in [-0.2, -0.15) is 0 Å². The van der Waals surface area contributed by atoms with Gasteiger partial charge in [0.15, 0.2) is 0 Å². The topological polar surface area (TPSA) is 15.4 Å². The van der Waals surface area contributed by atoms with Crippen molar-refractivity contribution in [3.63, 3.8) is 0 Å². The second-order valence-corrected chi connectivity index (χ2v) is 5.76. The Morgan fingerprint density at radius 1 is 0.850 bits per heavy atom. The molecule has 1 aliphatic rings. The molecule has 0 radical (unpaired) electrons. The third kappa shape index (κ3) is 2.60. The van der Waals surface area contributed by atoms with Gasteiger partial charge in [-0.1, -0.05) is 60.7 Å². The number of nitrogens with zero attached hydrogens (tertiary/aromatic N) is 2. The lowest BCUT2D eigenvalue weighted by Crippen LogP contribution is -2.08. The van der Waals surface area contributed by atoms with Gasteiger partial charge >= 0.3 is 0 Å². The molecule has 0 bridgehead atoms. The van der Waals surface area contributed by atoms with Crippen LogP contribution < -0.4 is 0 Å². The largest absolute Gasteiger partial charge is 0.342 e. The lowest BCUT2D eigenvalue weighted by molar-refractivity contribution is 0.451. The van der Waals surface area contributed by atoms with Crippen LogP contribution in [0.1, 0.15) is 25.0 Å². The van der Waals surface area contributed by atoms with Gasteiger partial charge in [-0.05, 0) is 25.0 Å². The molecule has 0 N–H and O–H groups in total. The van der Waals surface area contributed by atoms with Gasteiger partial charge in [0.1, 0.15) is 5.84 Å². The lowest BCUT2D eigenvalue weighted by atomic mass is 10.2. The molecular weight excluding hydrogens is 244 g/mol. The predicted molar refractivity (Wildman–Crippen MR) is 83.6 cm³/mol. The van der Waals surface area contributed by atoms with Crippen molar-refractivity contribution in [1.29, 1.82) is 0 Å². The molecule has 1 fully saturated rings. The molecule has 2 heteroatoms. The van der Waals surface area contributed by atoms with Crippen molar-refractivity contribution in [2.75, 3.05) is 0 Å². The number of benzene rings is 2. The smallest absolute Gasteiger partial charge is 0.126 e. The molecule has 1 aliphatic heterocycles. The van der Waals surface area contributed by atoms with Crippen LogP contribution in [0.3, 0.4) is 0 Å². The van der Waals surface area contributed by atoms with Crippen LogP contribution in [-0.4, -0.2) is 16.3 Å². The SMILES string of the molecule is CC1(C)C(=NCc2ccccc2)N1Cc1ccccc1. The van der Waals surface area contributed by atoms with E-state index in [1.54, 1.807) is 0 Å².